The second-order valence-electron chi connectivity index (χ2n) is 12.3. The molecule has 3 saturated heterocycles. The first-order valence-electron chi connectivity index (χ1n) is 15.0. The zero-order valence-electron chi connectivity index (χ0n) is 24.3. The summed E-state index contributed by atoms with van der Waals surface area (Å²) < 4.78 is 22.7. The van der Waals surface area contributed by atoms with Crippen LogP contribution in [-0.2, 0) is 11.3 Å². The molecular weight excluding hydrogens is 561 g/mol. The van der Waals surface area contributed by atoms with Gasteiger partial charge in [-0.1, -0.05) is 18.0 Å². The highest BCUT2D eigenvalue weighted by Crippen LogP contribution is 2.38. The second kappa shape index (κ2) is 11.8. The van der Waals surface area contributed by atoms with E-state index in [9.17, 15) is 15.0 Å². The number of ether oxygens (including phenoxy) is 1. The molecule has 9 nitrogen and oxygen atoms in total. The molecule has 0 radical (unpaired) electrons. The number of aliphatic hydroxyl groups is 2. The molecule has 3 aromatic rings. The summed E-state index contributed by atoms with van der Waals surface area (Å²) in [6, 6.07) is 3.64. The molecule has 226 valence electrons. The summed E-state index contributed by atoms with van der Waals surface area (Å²) in [4.78, 5) is 24.8. The van der Waals surface area contributed by atoms with E-state index < -0.39 is 11.9 Å². The van der Waals surface area contributed by atoms with Crippen LogP contribution >= 0.6 is 11.6 Å². The molecule has 3 aliphatic heterocycles. The monoisotopic (exact) mass is 599 g/mol. The van der Waals surface area contributed by atoms with Gasteiger partial charge in [0.05, 0.1) is 41.6 Å². The van der Waals surface area contributed by atoms with Crippen LogP contribution in [0.2, 0.25) is 5.02 Å². The lowest BCUT2D eigenvalue weighted by molar-refractivity contribution is -0.0325. The van der Waals surface area contributed by atoms with E-state index in [1.54, 1.807) is 12.1 Å². The zero-order valence-corrected chi connectivity index (χ0v) is 25.1. The fourth-order valence-corrected chi connectivity index (χ4v) is 7.38. The van der Waals surface area contributed by atoms with Crippen LogP contribution in [0, 0.1) is 12.7 Å². The molecule has 6 rings (SSSR count). The number of nitrogens with one attached hydrogen (secondary N) is 1. The molecule has 1 aromatic carbocycles. The molecule has 2 unspecified atom stereocenters. The number of hydrogen-bond donors (Lipinski definition) is 3. The largest absolute Gasteiger partial charge is 0.393 e. The molecule has 0 spiro atoms. The van der Waals surface area contributed by atoms with E-state index in [0.29, 0.717) is 41.6 Å². The van der Waals surface area contributed by atoms with Crippen molar-refractivity contribution in [2.45, 2.75) is 102 Å². The van der Waals surface area contributed by atoms with Crippen LogP contribution in [0.15, 0.2) is 23.1 Å². The number of hydrogen-bond acceptors (Lipinski definition) is 8. The Morgan fingerprint density at radius 2 is 1.93 bits per heavy atom. The third-order valence-electron chi connectivity index (χ3n) is 9.24. The minimum atomic E-state index is -0.732. The molecule has 11 heteroatoms. The molecule has 42 heavy (non-hydrogen) atoms. The van der Waals surface area contributed by atoms with Gasteiger partial charge in [-0.3, -0.25) is 9.69 Å². The van der Waals surface area contributed by atoms with Gasteiger partial charge in [-0.05, 0) is 65.0 Å². The highest BCUT2D eigenvalue weighted by molar-refractivity contribution is 6.34. The molecule has 5 heterocycles. The third-order valence-corrected chi connectivity index (χ3v) is 9.56. The lowest BCUT2D eigenvalue weighted by atomic mass is 9.82. The summed E-state index contributed by atoms with van der Waals surface area (Å²) in [7, 11) is 0. The molecule has 0 amide bonds. The van der Waals surface area contributed by atoms with Crippen molar-refractivity contribution in [1.29, 1.82) is 0 Å². The van der Waals surface area contributed by atoms with Gasteiger partial charge in [-0.15, -0.1) is 0 Å². The lowest BCUT2D eigenvalue weighted by Crippen LogP contribution is -2.53. The van der Waals surface area contributed by atoms with Gasteiger partial charge in [0.1, 0.15) is 5.69 Å². The van der Waals surface area contributed by atoms with Gasteiger partial charge >= 0.3 is 0 Å². The maximum Gasteiger partial charge on any atom is 0.223 e. The minimum absolute atomic E-state index is 0.00790. The Labute approximate surface area is 249 Å². The van der Waals surface area contributed by atoms with Crippen molar-refractivity contribution >= 4 is 28.5 Å². The van der Waals surface area contributed by atoms with Crippen LogP contribution in [0.4, 0.5) is 10.3 Å². The predicted molar refractivity (Wildman–Crippen MR) is 160 cm³/mol. The Morgan fingerprint density at radius 1 is 1.19 bits per heavy atom. The number of piperidine rings is 2. The van der Waals surface area contributed by atoms with Gasteiger partial charge in [0.2, 0.25) is 5.95 Å². The second-order valence-corrected chi connectivity index (χ2v) is 12.7. The van der Waals surface area contributed by atoms with Crippen LogP contribution in [-0.4, -0.2) is 73.2 Å². The van der Waals surface area contributed by atoms with Gasteiger partial charge in [-0.2, -0.15) is 0 Å². The van der Waals surface area contributed by atoms with Crippen molar-refractivity contribution < 1.29 is 19.3 Å². The molecule has 0 saturated carbocycles. The molecule has 4 atom stereocenters. The third kappa shape index (κ3) is 5.43. The van der Waals surface area contributed by atoms with Crippen LogP contribution in [0.1, 0.15) is 69.7 Å². The van der Waals surface area contributed by atoms with E-state index in [0.717, 1.165) is 44.0 Å². The van der Waals surface area contributed by atoms with E-state index in [4.69, 9.17) is 16.3 Å². The summed E-state index contributed by atoms with van der Waals surface area (Å²) >= 11 is 6.72. The Morgan fingerprint density at radius 3 is 2.62 bits per heavy atom. The fourth-order valence-electron chi connectivity index (χ4n) is 7.13. The standard InChI is InChI=1S/C31H39ClFN5O4/c1-16(2)38-26-12-21(29-24(33)13-34-31(36-29)35-25-7-8-42-15-28(25)40)23(32)11-22(26)30(41)17(3)27(38)14-37-18-5-4-6-19(37)10-20(39)9-18/h11-13,16,18-20,25,28,39-40H,4-10,14-15H2,1-3H3,(H,34,35,36)/t18?,19?,20?,25-,28-/m1/s1. The quantitative estimate of drug-likeness (QED) is 0.377. The van der Waals surface area contributed by atoms with E-state index in [1.807, 2.05) is 6.92 Å². The van der Waals surface area contributed by atoms with Crippen LogP contribution in [0.25, 0.3) is 22.2 Å². The number of anilines is 1. The maximum absolute atomic E-state index is 15.3. The van der Waals surface area contributed by atoms with Crippen LogP contribution in [0.3, 0.4) is 0 Å². The maximum atomic E-state index is 15.3. The number of aliphatic hydroxyl groups excluding tert-OH is 2. The molecule has 3 fully saturated rings. The smallest absolute Gasteiger partial charge is 0.223 e. The highest BCUT2D eigenvalue weighted by Gasteiger charge is 2.38. The minimum Gasteiger partial charge on any atom is -0.393 e. The molecule has 2 aromatic heterocycles. The molecular formula is C31H39ClFN5O4. The Bertz CT molecular complexity index is 1530. The molecule has 2 bridgehead atoms. The topological polar surface area (TPSA) is 113 Å². The number of aromatic nitrogens is 3. The van der Waals surface area contributed by atoms with Gasteiger partial charge in [0, 0.05) is 53.5 Å². The van der Waals surface area contributed by atoms with Crippen LogP contribution < -0.4 is 10.7 Å². The van der Waals surface area contributed by atoms with Gasteiger partial charge in [0.25, 0.3) is 0 Å². The van der Waals surface area contributed by atoms with Crippen LogP contribution in [0.5, 0.6) is 0 Å². The molecule has 0 aliphatic carbocycles. The van der Waals surface area contributed by atoms with E-state index in [1.165, 1.54) is 0 Å². The Kier molecular flexibility index (Phi) is 8.28. The summed E-state index contributed by atoms with van der Waals surface area (Å²) in [6.07, 6.45) is 5.40. The number of pyridine rings is 1. The number of rotatable bonds is 6. The fraction of sp³-hybridized carbons (Fsp3) is 0.581. The average Bonchev–Trinajstić information content (AvgIpc) is 2.94. The van der Waals surface area contributed by atoms with E-state index >= 15 is 4.39 Å². The summed E-state index contributed by atoms with van der Waals surface area (Å²) in [5.41, 5.74) is 2.57. The van der Waals surface area contributed by atoms with Crippen molar-refractivity contribution in [1.82, 2.24) is 19.4 Å². The van der Waals surface area contributed by atoms with E-state index in [-0.39, 0.29) is 59.0 Å². The van der Waals surface area contributed by atoms with Crippen molar-refractivity contribution in [2.24, 2.45) is 0 Å². The van der Waals surface area contributed by atoms with Crippen molar-refractivity contribution in [3.8, 4) is 11.3 Å². The lowest BCUT2D eigenvalue weighted by Gasteiger charge is -2.48. The SMILES string of the molecule is Cc1c(CN2C3CCCC2CC(O)C3)n(C(C)C)c2cc(-c3nc(N[C@@H]4CCOC[C@H]4O)ncc3F)c(Cl)cc2c1=O. The number of halogens is 2. The first-order valence-corrected chi connectivity index (χ1v) is 15.4. The van der Waals surface area contributed by atoms with Gasteiger partial charge in [-0.25, -0.2) is 14.4 Å². The summed E-state index contributed by atoms with van der Waals surface area (Å²) in [5.74, 6) is -0.460. The number of nitrogens with zero attached hydrogens (tertiary/aromatic N) is 4. The number of benzene rings is 1. The number of fused-ring (bicyclic) bond motifs is 3. The normalized spacial score (nSPS) is 26.6. The summed E-state index contributed by atoms with van der Waals surface area (Å²) in [6.45, 7) is 7.34. The Balaban J connectivity index is 1.45. The predicted octanol–water partition coefficient (Wildman–Crippen LogP) is 4.58. The van der Waals surface area contributed by atoms with Gasteiger partial charge < -0.3 is 24.8 Å². The molecule has 3 N–H and O–H groups in total. The van der Waals surface area contributed by atoms with Gasteiger partial charge in [0.15, 0.2) is 11.2 Å². The van der Waals surface area contributed by atoms with Crippen molar-refractivity contribution in [2.75, 3.05) is 18.5 Å². The van der Waals surface area contributed by atoms with E-state index in [2.05, 4.69) is 38.6 Å². The zero-order chi connectivity index (χ0) is 29.7. The first-order chi connectivity index (χ1) is 20.1. The first kappa shape index (κ1) is 29.4. The summed E-state index contributed by atoms with van der Waals surface area (Å²) in [5, 5.41) is 24.5. The highest BCUT2D eigenvalue weighted by atomic mass is 35.5. The average molecular weight is 600 g/mol. The molecule has 3 aliphatic rings. The Hall–Kier alpha value is -2.63. The van der Waals surface area contributed by atoms with Crippen molar-refractivity contribution in [3.05, 3.63) is 50.7 Å². The van der Waals surface area contributed by atoms with Crippen molar-refractivity contribution in [3.63, 3.8) is 0 Å².